The first-order valence-corrected chi connectivity index (χ1v) is 9.24. The second-order valence-electron chi connectivity index (χ2n) is 4.84. The Bertz CT molecular complexity index is 584. The van der Waals surface area contributed by atoms with E-state index in [1.165, 1.54) is 4.31 Å². The number of nitrogens with zero attached hydrogens (tertiary/aromatic N) is 1. The molecule has 1 fully saturated rings. The van der Waals surface area contributed by atoms with E-state index in [9.17, 15) is 8.42 Å². The molecule has 5 nitrogen and oxygen atoms in total. The van der Waals surface area contributed by atoms with E-state index in [2.05, 4.69) is 31.9 Å². The largest absolute Gasteiger partial charge is 0.399 e. The fourth-order valence-electron chi connectivity index (χ4n) is 2.39. The molecule has 0 bridgehead atoms. The van der Waals surface area contributed by atoms with Crippen LogP contribution in [0.25, 0.3) is 0 Å². The van der Waals surface area contributed by atoms with Crippen molar-refractivity contribution in [2.75, 3.05) is 25.4 Å². The highest BCUT2D eigenvalue weighted by Gasteiger charge is 2.34. The number of hydrogen-bond acceptors (Lipinski definition) is 4. The quantitative estimate of drug-likeness (QED) is 0.721. The van der Waals surface area contributed by atoms with Crippen LogP contribution in [0.1, 0.15) is 12.8 Å². The molecule has 8 heteroatoms. The average Bonchev–Trinajstić information content (AvgIpc) is 2.76. The fourth-order valence-corrected chi connectivity index (χ4v) is 6.46. The van der Waals surface area contributed by atoms with Crippen molar-refractivity contribution in [3.05, 3.63) is 21.1 Å². The number of rotatable bonds is 4. The van der Waals surface area contributed by atoms with Crippen LogP contribution in [-0.2, 0) is 10.0 Å². The van der Waals surface area contributed by atoms with Crippen molar-refractivity contribution >= 4 is 47.6 Å². The molecule has 0 aliphatic carbocycles. The Hall–Kier alpha value is -0.150. The lowest BCUT2D eigenvalue weighted by Crippen LogP contribution is -2.29. The van der Waals surface area contributed by atoms with E-state index in [-0.39, 0.29) is 17.4 Å². The predicted octanol–water partition coefficient (Wildman–Crippen LogP) is 2.19. The molecule has 1 aliphatic heterocycles. The molecular formula is C12H16Br2N2O3S. The molecule has 1 aromatic rings. The van der Waals surface area contributed by atoms with Gasteiger partial charge in [0.05, 0.1) is 0 Å². The molecule has 1 aliphatic rings. The van der Waals surface area contributed by atoms with E-state index in [1.807, 2.05) is 0 Å². The van der Waals surface area contributed by atoms with Gasteiger partial charge in [0.25, 0.3) is 0 Å². The van der Waals surface area contributed by atoms with E-state index in [0.29, 0.717) is 34.1 Å². The smallest absolute Gasteiger partial charge is 0.245 e. The topological polar surface area (TPSA) is 83.6 Å². The average molecular weight is 428 g/mol. The van der Waals surface area contributed by atoms with Crippen molar-refractivity contribution in [3.63, 3.8) is 0 Å². The summed E-state index contributed by atoms with van der Waals surface area (Å²) in [7, 11) is -3.57. The van der Waals surface area contributed by atoms with Gasteiger partial charge in [-0.25, -0.2) is 8.42 Å². The van der Waals surface area contributed by atoms with Crippen molar-refractivity contribution in [1.82, 2.24) is 4.31 Å². The van der Waals surface area contributed by atoms with Crippen LogP contribution in [0.4, 0.5) is 5.69 Å². The van der Waals surface area contributed by atoms with E-state index in [0.717, 1.165) is 6.42 Å². The number of sulfonamides is 1. The van der Waals surface area contributed by atoms with Crippen molar-refractivity contribution in [2.24, 2.45) is 5.92 Å². The minimum atomic E-state index is -3.57. The van der Waals surface area contributed by atoms with E-state index in [4.69, 9.17) is 10.8 Å². The van der Waals surface area contributed by atoms with Crippen molar-refractivity contribution < 1.29 is 13.5 Å². The van der Waals surface area contributed by atoms with Gasteiger partial charge in [0.15, 0.2) is 0 Å². The van der Waals surface area contributed by atoms with Crippen molar-refractivity contribution in [1.29, 1.82) is 0 Å². The summed E-state index contributed by atoms with van der Waals surface area (Å²) in [6.45, 7) is 1.02. The molecular weight excluding hydrogens is 412 g/mol. The molecule has 1 heterocycles. The third-order valence-corrected chi connectivity index (χ3v) is 7.15. The van der Waals surface area contributed by atoms with Gasteiger partial charge in [0.1, 0.15) is 4.90 Å². The summed E-state index contributed by atoms with van der Waals surface area (Å²) in [5, 5.41) is 8.95. The first-order valence-electron chi connectivity index (χ1n) is 6.21. The van der Waals surface area contributed by atoms with Gasteiger partial charge < -0.3 is 10.8 Å². The minimum Gasteiger partial charge on any atom is -0.399 e. The van der Waals surface area contributed by atoms with Crippen LogP contribution in [0.5, 0.6) is 0 Å². The Morgan fingerprint density at radius 3 is 2.50 bits per heavy atom. The van der Waals surface area contributed by atoms with Crippen LogP contribution < -0.4 is 5.73 Å². The fraction of sp³-hybridized carbons (Fsp3) is 0.500. The maximum atomic E-state index is 12.7. The summed E-state index contributed by atoms with van der Waals surface area (Å²) in [5.74, 6) is 0.223. The van der Waals surface area contributed by atoms with E-state index < -0.39 is 10.0 Å². The summed E-state index contributed by atoms with van der Waals surface area (Å²) < 4.78 is 27.8. The maximum absolute atomic E-state index is 12.7. The van der Waals surface area contributed by atoms with Gasteiger partial charge in [-0.3, -0.25) is 0 Å². The highest BCUT2D eigenvalue weighted by atomic mass is 79.9. The SMILES string of the molecule is Nc1cc(Br)c(S(=O)(=O)N2CCC(CCO)C2)c(Br)c1. The van der Waals surface area contributed by atoms with Crippen LogP contribution in [0, 0.1) is 5.92 Å². The zero-order valence-electron chi connectivity index (χ0n) is 10.7. The zero-order valence-corrected chi connectivity index (χ0v) is 14.7. The first kappa shape index (κ1) is 16.2. The van der Waals surface area contributed by atoms with Gasteiger partial charge >= 0.3 is 0 Å². The summed E-state index contributed by atoms with van der Waals surface area (Å²) >= 11 is 6.54. The standard InChI is InChI=1S/C12H16Br2N2O3S/c13-10-5-9(15)6-11(14)12(10)20(18,19)16-3-1-8(7-16)2-4-17/h5-6,8,17H,1-4,7,15H2. The third-order valence-electron chi connectivity index (χ3n) is 3.40. The Labute approximate surface area is 135 Å². The summed E-state index contributed by atoms with van der Waals surface area (Å²) in [6.07, 6.45) is 1.42. The lowest BCUT2D eigenvalue weighted by Gasteiger charge is -2.19. The molecule has 112 valence electrons. The third kappa shape index (κ3) is 3.19. The van der Waals surface area contributed by atoms with E-state index >= 15 is 0 Å². The Balaban J connectivity index is 2.33. The number of halogens is 2. The number of aliphatic hydroxyl groups is 1. The number of nitrogen functional groups attached to an aromatic ring is 1. The number of nitrogens with two attached hydrogens (primary N) is 1. The Morgan fingerprint density at radius 1 is 1.35 bits per heavy atom. The number of anilines is 1. The van der Waals surface area contributed by atoms with Gasteiger partial charge in [0, 0.05) is 34.3 Å². The van der Waals surface area contributed by atoms with Gasteiger partial charge in [-0.1, -0.05) is 0 Å². The molecule has 0 saturated carbocycles. The van der Waals surface area contributed by atoms with Gasteiger partial charge in [-0.15, -0.1) is 0 Å². The lowest BCUT2D eigenvalue weighted by molar-refractivity contribution is 0.259. The molecule has 20 heavy (non-hydrogen) atoms. The molecule has 1 aromatic carbocycles. The van der Waals surface area contributed by atoms with Crippen LogP contribution in [0.15, 0.2) is 26.0 Å². The molecule has 1 atom stereocenters. The predicted molar refractivity (Wildman–Crippen MR) is 84.8 cm³/mol. The molecule has 0 radical (unpaired) electrons. The monoisotopic (exact) mass is 426 g/mol. The van der Waals surface area contributed by atoms with Crippen molar-refractivity contribution in [3.8, 4) is 0 Å². The molecule has 0 aromatic heterocycles. The highest BCUT2D eigenvalue weighted by Crippen LogP contribution is 2.36. The number of aliphatic hydroxyl groups excluding tert-OH is 1. The van der Waals surface area contributed by atoms with E-state index in [1.54, 1.807) is 12.1 Å². The maximum Gasteiger partial charge on any atom is 0.245 e. The summed E-state index contributed by atoms with van der Waals surface area (Å²) in [6, 6.07) is 3.16. The van der Waals surface area contributed by atoms with Crippen molar-refractivity contribution in [2.45, 2.75) is 17.7 Å². The Kier molecular flexibility index (Phi) is 5.12. The highest BCUT2D eigenvalue weighted by molar-refractivity contribution is 9.11. The summed E-state index contributed by atoms with van der Waals surface area (Å²) in [4.78, 5) is 0.205. The lowest BCUT2D eigenvalue weighted by atomic mass is 10.1. The van der Waals surface area contributed by atoms with Gasteiger partial charge in [0.2, 0.25) is 10.0 Å². The van der Waals surface area contributed by atoms with Gasteiger partial charge in [-0.05, 0) is 62.8 Å². The molecule has 1 saturated heterocycles. The minimum absolute atomic E-state index is 0.0911. The second-order valence-corrected chi connectivity index (χ2v) is 8.43. The van der Waals surface area contributed by atoms with Crippen LogP contribution in [0.2, 0.25) is 0 Å². The second kappa shape index (κ2) is 6.31. The number of hydrogen-bond donors (Lipinski definition) is 2. The molecule has 0 spiro atoms. The number of benzene rings is 1. The Morgan fingerprint density at radius 2 is 1.95 bits per heavy atom. The summed E-state index contributed by atoms with van der Waals surface area (Å²) in [5.41, 5.74) is 6.18. The normalized spacial score (nSPS) is 20.4. The van der Waals surface area contributed by atoms with Gasteiger partial charge in [-0.2, -0.15) is 4.31 Å². The molecule has 1 unspecified atom stereocenters. The molecule has 2 rings (SSSR count). The molecule has 0 amide bonds. The van der Waals surface area contributed by atoms with Crippen LogP contribution >= 0.6 is 31.9 Å². The van der Waals surface area contributed by atoms with Crippen LogP contribution in [0.3, 0.4) is 0 Å². The zero-order chi connectivity index (χ0) is 14.9. The molecule has 3 N–H and O–H groups in total. The van der Waals surface area contributed by atoms with Crippen LogP contribution in [-0.4, -0.2) is 37.5 Å². The first-order chi connectivity index (χ1) is 9.36.